The zero-order valence-electron chi connectivity index (χ0n) is 11.9. The summed E-state index contributed by atoms with van der Waals surface area (Å²) in [6, 6.07) is 15.3. The van der Waals surface area contributed by atoms with Gasteiger partial charge in [-0.2, -0.15) is 0 Å². The lowest BCUT2D eigenvalue weighted by atomic mass is 10.1. The molecule has 1 aliphatic rings. The second kappa shape index (κ2) is 5.36. The number of para-hydroxylation sites is 1. The molecule has 0 spiro atoms. The molecule has 5 nitrogen and oxygen atoms in total. The largest absolute Gasteiger partial charge is 0.357 e. The maximum Gasteiger partial charge on any atom is 0.259 e. The monoisotopic (exact) mass is 293 g/mol. The van der Waals surface area contributed by atoms with Crippen molar-refractivity contribution in [2.24, 2.45) is 0 Å². The highest BCUT2D eigenvalue weighted by Crippen LogP contribution is 2.23. The fourth-order valence-corrected chi connectivity index (χ4v) is 2.70. The van der Waals surface area contributed by atoms with Crippen LogP contribution in [0, 0.1) is 0 Å². The molecule has 0 radical (unpaired) electrons. The summed E-state index contributed by atoms with van der Waals surface area (Å²) in [5.41, 5.74) is 2.59. The highest BCUT2D eigenvalue weighted by molar-refractivity contribution is 5.79. The zero-order valence-corrected chi connectivity index (χ0v) is 11.9. The van der Waals surface area contributed by atoms with E-state index >= 15 is 0 Å². The van der Waals surface area contributed by atoms with E-state index in [1.165, 1.54) is 0 Å². The van der Waals surface area contributed by atoms with E-state index in [0.717, 1.165) is 17.7 Å². The zero-order chi connectivity index (χ0) is 14.9. The van der Waals surface area contributed by atoms with Gasteiger partial charge in [0.15, 0.2) is 0 Å². The minimum Gasteiger partial charge on any atom is -0.357 e. The summed E-state index contributed by atoms with van der Waals surface area (Å²) in [5, 5.41) is 3.77. The molecule has 1 atom stereocenters. The molecule has 3 aromatic rings. The fourth-order valence-electron chi connectivity index (χ4n) is 2.70. The number of H-pyrrole nitrogens is 1. The summed E-state index contributed by atoms with van der Waals surface area (Å²) in [7, 11) is 0. The Kier molecular flexibility index (Phi) is 3.21. The highest BCUT2D eigenvalue weighted by atomic mass is 16.5. The Morgan fingerprint density at radius 3 is 2.68 bits per heavy atom. The molecule has 5 heteroatoms. The predicted octanol–water partition coefficient (Wildman–Crippen LogP) is 2.21. The maximum absolute atomic E-state index is 12.1. The fraction of sp³-hybridized carbons (Fsp3) is 0.176. The van der Waals surface area contributed by atoms with Crippen LogP contribution in [0.5, 0.6) is 0 Å². The van der Waals surface area contributed by atoms with E-state index in [1.54, 1.807) is 6.07 Å². The topological polar surface area (TPSA) is 67.0 Å². The quantitative estimate of drug-likeness (QED) is 0.760. The van der Waals surface area contributed by atoms with E-state index in [9.17, 15) is 4.79 Å². The summed E-state index contributed by atoms with van der Waals surface area (Å²) in [6.45, 7) is 1.41. The van der Waals surface area contributed by atoms with Crippen molar-refractivity contribution in [3.05, 3.63) is 64.4 Å². The van der Waals surface area contributed by atoms with Gasteiger partial charge in [0.25, 0.3) is 5.56 Å². The van der Waals surface area contributed by atoms with Crippen LogP contribution in [0.3, 0.4) is 0 Å². The Hall–Kier alpha value is -2.50. The number of benzene rings is 2. The van der Waals surface area contributed by atoms with Crippen LogP contribution in [0.2, 0.25) is 0 Å². The SMILES string of the molecule is O=c1[nH]c(-c2ccc(C3CNCO3)cc2)nc2ccccc12. The van der Waals surface area contributed by atoms with Crippen molar-refractivity contribution in [3.63, 3.8) is 0 Å². The molecule has 2 N–H and O–H groups in total. The van der Waals surface area contributed by atoms with E-state index in [-0.39, 0.29) is 11.7 Å². The summed E-state index contributed by atoms with van der Waals surface area (Å²) in [6.07, 6.45) is 0.0951. The molecule has 1 fully saturated rings. The summed E-state index contributed by atoms with van der Waals surface area (Å²) < 4.78 is 5.58. The molecule has 4 rings (SSSR count). The minimum absolute atomic E-state index is 0.0951. The maximum atomic E-state index is 12.1. The summed E-state index contributed by atoms with van der Waals surface area (Å²) in [4.78, 5) is 19.5. The third kappa shape index (κ3) is 2.30. The minimum atomic E-state index is -0.118. The first kappa shape index (κ1) is 13.2. The van der Waals surface area contributed by atoms with Crippen LogP contribution >= 0.6 is 0 Å². The first-order chi connectivity index (χ1) is 10.8. The van der Waals surface area contributed by atoms with Crippen LogP contribution in [-0.2, 0) is 4.74 Å². The highest BCUT2D eigenvalue weighted by Gasteiger charge is 2.17. The van der Waals surface area contributed by atoms with Crippen molar-refractivity contribution in [2.45, 2.75) is 6.10 Å². The number of hydrogen-bond acceptors (Lipinski definition) is 4. The average Bonchev–Trinajstić information content (AvgIpc) is 3.09. The van der Waals surface area contributed by atoms with E-state index in [1.807, 2.05) is 42.5 Å². The second-order valence-corrected chi connectivity index (χ2v) is 5.31. The van der Waals surface area contributed by atoms with Crippen LogP contribution in [0.25, 0.3) is 22.3 Å². The first-order valence-electron chi connectivity index (χ1n) is 7.23. The molecule has 0 aliphatic carbocycles. The number of rotatable bonds is 2. The molecule has 2 aromatic carbocycles. The normalized spacial score (nSPS) is 17.9. The molecule has 1 aliphatic heterocycles. The number of nitrogens with one attached hydrogen (secondary N) is 2. The van der Waals surface area contributed by atoms with Crippen LogP contribution in [0.1, 0.15) is 11.7 Å². The van der Waals surface area contributed by atoms with Gasteiger partial charge < -0.3 is 9.72 Å². The standard InChI is InChI=1S/C17H15N3O2/c21-17-13-3-1-2-4-14(13)19-16(20-17)12-7-5-11(6-8-12)15-9-18-10-22-15/h1-8,15,18H,9-10H2,(H,19,20,21). The van der Waals surface area contributed by atoms with Gasteiger partial charge >= 0.3 is 0 Å². The Balaban J connectivity index is 1.73. The molecule has 1 saturated heterocycles. The van der Waals surface area contributed by atoms with Crippen LogP contribution < -0.4 is 10.9 Å². The lowest BCUT2D eigenvalue weighted by molar-refractivity contribution is 0.114. The lowest BCUT2D eigenvalue weighted by Crippen LogP contribution is -2.09. The molecule has 0 bridgehead atoms. The molecule has 0 saturated carbocycles. The average molecular weight is 293 g/mol. The molecule has 2 heterocycles. The third-order valence-corrected chi connectivity index (χ3v) is 3.89. The number of aromatic amines is 1. The van der Waals surface area contributed by atoms with Crippen molar-refractivity contribution < 1.29 is 4.74 Å². The van der Waals surface area contributed by atoms with Crippen LogP contribution in [0.15, 0.2) is 53.3 Å². The van der Waals surface area contributed by atoms with E-state index in [2.05, 4.69) is 15.3 Å². The number of ether oxygens (including phenoxy) is 1. The Morgan fingerprint density at radius 1 is 1.09 bits per heavy atom. The van der Waals surface area contributed by atoms with Gasteiger partial charge in [-0.25, -0.2) is 4.98 Å². The van der Waals surface area contributed by atoms with Crippen LogP contribution in [0.4, 0.5) is 0 Å². The number of aromatic nitrogens is 2. The van der Waals surface area contributed by atoms with Gasteiger partial charge in [0, 0.05) is 12.1 Å². The predicted molar refractivity (Wildman–Crippen MR) is 84.5 cm³/mol. The molecule has 110 valence electrons. The number of fused-ring (bicyclic) bond motifs is 1. The van der Waals surface area contributed by atoms with E-state index in [4.69, 9.17) is 4.74 Å². The van der Waals surface area contributed by atoms with Gasteiger partial charge in [-0.15, -0.1) is 0 Å². The van der Waals surface area contributed by atoms with Crippen molar-refractivity contribution in [1.29, 1.82) is 0 Å². The Labute approximate surface area is 127 Å². The number of nitrogens with zero attached hydrogens (tertiary/aromatic N) is 1. The smallest absolute Gasteiger partial charge is 0.259 e. The summed E-state index contributed by atoms with van der Waals surface area (Å²) >= 11 is 0. The Morgan fingerprint density at radius 2 is 1.91 bits per heavy atom. The molecule has 1 unspecified atom stereocenters. The van der Waals surface area contributed by atoms with Gasteiger partial charge in [0.2, 0.25) is 0 Å². The first-order valence-corrected chi connectivity index (χ1v) is 7.23. The molecule has 1 aromatic heterocycles. The summed E-state index contributed by atoms with van der Waals surface area (Å²) in [5.74, 6) is 0.584. The van der Waals surface area contributed by atoms with Crippen LogP contribution in [-0.4, -0.2) is 23.2 Å². The van der Waals surface area contributed by atoms with E-state index in [0.29, 0.717) is 23.5 Å². The van der Waals surface area contributed by atoms with Gasteiger partial charge in [-0.1, -0.05) is 36.4 Å². The van der Waals surface area contributed by atoms with Gasteiger partial charge in [0.05, 0.1) is 23.7 Å². The molecular formula is C17H15N3O2. The second-order valence-electron chi connectivity index (χ2n) is 5.31. The van der Waals surface area contributed by atoms with Gasteiger partial charge in [-0.3, -0.25) is 10.1 Å². The van der Waals surface area contributed by atoms with Gasteiger partial charge in [-0.05, 0) is 17.7 Å². The lowest BCUT2D eigenvalue weighted by Gasteiger charge is -2.09. The number of hydrogen-bond donors (Lipinski definition) is 2. The van der Waals surface area contributed by atoms with Crippen molar-refractivity contribution >= 4 is 10.9 Å². The van der Waals surface area contributed by atoms with Crippen molar-refractivity contribution in [1.82, 2.24) is 15.3 Å². The van der Waals surface area contributed by atoms with Gasteiger partial charge in [0.1, 0.15) is 5.82 Å². The van der Waals surface area contributed by atoms with E-state index < -0.39 is 0 Å². The van der Waals surface area contributed by atoms with Crippen molar-refractivity contribution in [2.75, 3.05) is 13.3 Å². The third-order valence-electron chi connectivity index (χ3n) is 3.89. The Bertz CT molecular complexity index is 865. The molecule has 22 heavy (non-hydrogen) atoms. The molecule has 0 amide bonds. The van der Waals surface area contributed by atoms with Crippen molar-refractivity contribution in [3.8, 4) is 11.4 Å². The molecular weight excluding hydrogens is 278 g/mol.